The van der Waals surface area contributed by atoms with Crippen molar-refractivity contribution in [3.63, 3.8) is 0 Å². The van der Waals surface area contributed by atoms with Crippen molar-refractivity contribution in [2.24, 2.45) is 0 Å². The van der Waals surface area contributed by atoms with Crippen LogP contribution in [0.4, 0.5) is 10.8 Å². The van der Waals surface area contributed by atoms with Crippen LogP contribution in [-0.4, -0.2) is 59.5 Å². The maximum atomic E-state index is 13.9. The molecular formula is C26H25ClN4O7S2. The number of benzene rings is 3. The molecule has 0 aliphatic carbocycles. The van der Waals surface area contributed by atoms with E-state index in [-0.39, 0.29) is 32.2 Å². The van der Waals surface area contributed by atoms with Crippen LogP contribution in [0.25, 0.3) is 10.6 Å². The molecule has 0 fully saturated rings. The Balaban J connectivity index is 1.66. The average molecular weight is 605 g/mol. The molecule has 1 amide bonds. The molecule has 3 aromatic carbocycles. The molecule has 40 heavy (non-hydrogen) atoms. The summed E-state index contributed by atoms with van der Waals surface area (Å²) in [4.78, 5) is 13.1. The normalized spacial score (nSPS) is 11.0. The standard InChI is InChI=1S/C26H25ClN4O7S2/c1-35-18-8-5-16(6-9-18)25-29-30-26(39-25)28-24(32)15-31(20-13-17(27)7-11-21(20)36-2)40(33,34)19-10-12-22(37-3)23(14-19)38-4/h5-14H,15H2,1-4H3,(H,28,30,32). The first-order valence-corrected chi connectivity index (χ1v) is 14.2. The van der Waals surface area contributed by atoms with Crippen molar-refractivity contribution < 1.29 is 32.2 Å². The van der Waals surface area contributed by atoms with Crippen molar-refractivity contribution in [1.29, 1.82) is 0 Å². The number of aromatic nitrogens is 2. The molecule has 4 rings (SSSR count). The van der Waals surface area contributed by atoms with E-state index in [2.05, 4.69) is 15.5 Å². The van der Waals surface area contributed by atoms with E-state index in [1.165, 1.54) is 51.7 Å². The monoisotopic (exact) mass is 604 g/mol. The van der Waals surface area contributed by atoms with Gasteiger partial charge >= 0.3 is 0 Å². The van der Waals surface area contributed by atoms with E-state index in [1.54, 1.807) is 25.3 Å². The van der Waals surface area contributed by atoms with Gasteiger partial charge in [0.05, 0.1) is 39.0 Å². The van der Waals surface area contributed by atoms with Gasteiger partial charge in [0.15, 0.2) is 11.5 Å². The lowest BCUT2D eigenvalue weighted by Crippen LogP contribution is -2.38. The Bertz CT molecular complexity index is 1610. The first-order valence-electron chi connectivity index (χ1n) is 11.6. The molecule has 0 bridgehead atoms. The number of methoxy groups -OCH3 is 4. The first kappa shape index (κ1) is 28.9. The van der Waals surface area contributed by atoms with Crippen LogP contribution in [0, 0.1) is 0 Å². The van der Waals surface area contributed by atoms with E-state index in [0.717, 1.165) is 21.2 Å². The number of rotatable bonds is 11. The molecule has 0 radical (unpaired) electrons. The summed E-state index contributed by atoms with van der Waals surface area (Å²) in [6.07, 6.45) is 0. The second-order valence-corrected chi connectivity index (χ2v) is 11.3. The van der Waals surface area contributed by atoms with E-state index in [9.17, 15) is 13.2 Å². The number of amides is 1. The van der Waals surface area contributed by atoms with E-state index >= 15 is 0 Å². The highest BCUT2D eigenvalue weighted by molar-refractivity contribution is 7.92. The largest absolute Gasteiger partial charge is 0.497 e. The molecule has 0 atom stereocenters. The highest BCUT2D eigenvalue weighted by atomic mass is 35.5. The maximum absolute atomic E-state index is 13.9. The molecular weight excluding hydrogens is 580 g/mol. The molecule has 0 spiro atoms. The van der Waals surface area contributed by atoms with Crippen molar-refractivity contribution in [3.05, 3.63) is 65.7 Å². The Morgan fingerprint density at radius 2 is 1.55 bits per heavy atom. The molecule has 0 aliphatic rings. The Labute approximate surface area is 240 Å². The summed E-state index contributed by atoms with van der Waals surface area (Å²) in [5, 5.41) is 11.8. The molecule has 0 saturated heterocycles. The van der Waals surface area contributed by atoms with Gasteiger partial charge in [-0.2, -0.15) is 0 Å². The zero-order chi connectivity index (χ0) is 28.9. The van der Waals surface area contributed by atoms with Gasteiger partial charge < -0.3 is 18.9 Å². The minimum atomic E-state index is -4.34. The van der Waals surface area contributed by atoms with Gasteiger partial charge in [0.2, 0.25) is 11.0 Å². The third kappa shape index (κ3) is 6.22. The Morgan fingerprint density at radius 3 is 2.20 bits per heavy atom. The SMILES string of the molecule is COc1ccc(-c2nnc(NC(=O)CN(c3cc(Cl)ccc3OC)S(=O)(=O)c3ccc(OC)c(OC)c3)s2)cc1. The Kier molecular flexibility index (Phi) is 8.97. The number of nitrogens with one attached hydrogen (secondary N) is 1. The van der Waals surface area contributed by atoms with Crippen LogP contribution in [0.5, 0.6) is 23.0 Å². The van der Waals surface area contributed by atoms with Crippen LogP contribution in [0.15, 0.2) is 65.6 Å². The molecule has 11 nitrogen and oxygen atoms in total. The molecule has 1 heterocycles. The van der Waals surface area contributed by atoms with Gasteiger partial charge in [-0.05, 0) is 54.6 Å². The summed E-state index contributed by atoms with van der Waals surface area (Å²) in [7, 11) is 1.44. The number of anilines is 2. The number of carbonyl (C=O) groups excluding carboxylic acids is 1. The highest BCUT2D eigenvalue weighted by Gasteiger charge is 2.31. The number of carbonyl (C=O) groups is 1. The predicted octanol–water partition coefficient (Wildman–Crippen LogP) is 4.73. The summed E-state index contributed by atoms with van der Waals surface area (Å²) in [6.45, 7) is -0.620. The minimum absolute atomic E-state index is 0.0659. The molecule has 1 aromatic heterocycles. The number of halogens is 1. The van der Waals surface area contributed by atoms with Gasteiger partial charge in [0.1, 0.15) is 23.1 Å². The van der Waals surface area contributed by atoms with Gasteiger partial charge in [-0.15, -0.1) is 10.2 Å². The van der Waals surface area contributed by atoms with Crippen molar-refractivity contribution in [3.8, 4) is 33.6 Å². The van der Waals surface area contributed by atoms with E-state index in [1.807, 2.05) is 12.1 Å². The molecule has 0 aliphatic heterocycles. The number of hydrogen-bond donors (Lipinski definition) is 1. The molecule has 1 N–H and O–H groups in total. The van der Waals surface area contributed by atoms with Crippen LogP contribution in [0.2, 0.25) is 5.02 Å². The van der Waals surface area contributed by atoms with Crippen molar-refractivity contribution >= 4 is 49.7 Å². The van der Waals surface area contributed by atoms with Crippen molar-refractivity contribution in [1.82, 2.24) is 10.2 Å². The second kappa shape index (κ2) is 12.4. The molecule has 0 unspecified atom stereocenters. The smallest absolute Gasteiger partial charge is 0.265 e. The fourth-order valence-corrected chi connectivity index (χ4v) is 6.05. The lowest BCUT2D eigenvalue weighted by Gasteiger charge is -2.26. The first-order chi connectivity index (χ1) is 19.2. The van der Waals surface area contributed by atoms with E-state index in [0.29, 0.717) is 16.5 Å². The van der Waals surface area contributed by atoms with Crippen LogP contribution in [-0.2, 0) is 14.8 Å². The Morgan fingerprint density at radius 1 is 0.875 bits per heavy atom. The maximum Gasteiger partial charge on any atom is 0.265 e. The fraction of sp³-hybridized carbons (Fsp3) is 0.192. The summed E-state index contributed by atoms with van der Waals surface area (Å²) in [5.41, 5.74) is 0.844. The van der Waals surface area contributed by atoms with Crippen molar-refractivity contribution in [2.75, 3.05) is 44.6 Å². The molecule has 4 aromatic rings. The van der Waals surface area contributed by atoms with Gasteiger partial charge in [-0.1, -0.05) is 22.9 Å². The van der Waals surface area contributed by atoms with Crippen LogP contribution < -0.4 is 28.6 Å². The molecule has 210 valence electrons. The van der Waals surface area contributed by atoms with Gasteiger partial charge in [0, 0.05) is 16.7 Å². The fourth-order valence-electron chi connectivity index (χ4n) is 3.68. The number of hydrogen-bond acceptors (Lipinski definition) is 10. The highest BCUT2D eigenvalue weighted by Crippen LogP contribution is 2.37. The topological polar surface area (TPSA) is 129 Å². The van der Waals surface area contributed by atoms with Crippen LogP contribution in [0.1, 0.15) is 0 Å². The zero-order valence-electron chi connectivity index (χ0n) is 21.9. The minimum Gasteiger partial charge on any atom is -0.497 e. The summed E-state index contributed by atoms with van der Waals surface area (Å²) in [5.74, 6) is 0.762. The van der Waals surface area contributed by atoms with E-state index < -0.39 is 22.5 Å². The Hall–Kier alpha value is -4.07. The third-order valence-corrected chi connectivity index (χ3v) is 8.53. The summed E-state index contributed by atoms with van der Waals surface area (Å²) >= 11 is 7.34. The molecule has 0 saturated carbocycles. The summed E-state index contributed by atoms with van der Waals surface area (Å²) in [6, 6.07) is 15.8. The lowest BCUT2D eigenvalue weighted by atomic mass is 10.2. The lowest BCUT2D eigenvalue weighted by molar-refractivity contribution is -0.114. The van der Waals surface area contributed by atoms with Gasteiger partial charge in [-0.25, -0.2) is 8.42 Å². The predicted molar refractivity (Wildman–Crippen MR) is 153 cm³/mol. The van der Waals surface area contributed by atoms with Gasteiger partial charge in [0.25, 0.3) is 10.0 Å². The van der Waals surface area contributed by atoms with Gasteiger partial charge in [-0.3, -0.25) is 14.4 Å². The third-order valence-electron chi connectivity index (χ3n) is 5.65. The summed E-state index contributed by atoms with van der Waals surface area (Å²) < 4.78 is 49.8. The van der Waals surface area contributed by atoms with Crippen LogP contribution in [0.3, 0.4) is 0 Å². The molecule has 14 heteroatoms. The second-order valence-electron chi connectivity index (χ2n) is 8.03. The van der Waals surface area contributed by atoms with Crippen molar-refractivity contribution in [2.45, 2.75) is 4.90 Å². The number of sulfonamides is 1. The number of nitrogens with zero attached hydrogens (tertiary/aromatic N) is 3. The zero-order valence-corrected chi connectivity index (χ0v) is 24.3. The van der Waals surface area contributed by atoms with Crippen LogP contribution >= 0.6 is 22.9 Å². The average Bonchev–Trinajstić information content (AvgIpc) is 3.43. The quantitative estimate of drug-likeness (QED) is 0.258. The number of ether oxygens (including phenoxy) is 4. The van der Waals surface area contributed by atoms with E-state index in [4.69, 9.17) is 30.5 Å².